The van der Waals surface area contributed by atoms with Gasteiger partial charge in [0.2, 0.25) is 0 Å². The highest BCUT2D eigenvalue weighted by molar-refractivity contribution is 6.31. The van der Waals surface area contributed by atoms with Crippen LogP contribution in [0, 0.1) is 0 Å². The van der Waals surface area contributed by atoms with Crippen LogP contribution in [0.15, 0.2) is 23.0 Å². The van der Waals surface area contributed by atoms with Gasteiger partial charge in [-0.15, -0.1) is 0 Å². The molecule has 1 aromatic heterocycles. The molecule has 86 valence electrons. The van der Waals surface area contributed by atoms with Crippen LogP contribution in [0.1, 0.15) is 13.0 Å². The second-order valence-electron chi connectivity index (χ2n) is 3.88. The quantitative estimate of drug-likeness (QED) is 0.866. The molecule has 0 aliphatic carbocycles. The molecular weight excluding hydrogens is 228 g/mol. The molecule has 1 atom stereocenters. The summed E-state index contributed by atoms with van der Waals surface area (Å²) in [6.07, 6.45) is 0. The number of hydrogen-bond donors (Lipinski definition) is 1. The van der Waals surface area contributed by atoms with Crippen molar-refractivity contribution in [3.8, 4) is 0 Å². The second kappa shape index (κ2) is 3.96. The summed E-state index contributed by atoms with van der Waals surface area (Å²) >= 11 is 5.89. The third kappa shape index (κ3) is 1.54. The van der Waals surface area contributed by atoms with E-state index in [9.17, 15) is 4.79 Å². The van der Waals surface area contributed by atoms with Crippen LogP contribution in [0.4, 0.5) is 0 Å². The van der Waals surface area contributed by atoms with Crippen LogP contribution in [0.5, 0.6) is 0 Å². The van der Waals surface area contributed by atoms with Crippen LogP contribution in [0.3, 0.4) is 0 Å². The predicted molar refractivity (Wildman–Crippen MR) is 64.0 cm³/mol. The van der Waals surface area contributed by atoms with Crippen molar-refractivity contribution in [2.24, 2.45) is 7.05 Å². The minimum atomic E-state index is -0.239. The number of fused-ring (bicyclic) bond motifs is 1. The lowest BCUT2D eigenvalue weighted by Gasteiger charge is -2.09. The van der Waals surface area contributed by atoms with Gasteiger partial charge < -0.3 is 5.11 Å². The van der Waals surface area contributed by atoms with E-state index in [1.54, 1.807) is 36.7 Å². The van der Waals surface area contributed by atoms with E-state index in [2.05, 4.69) is 0 Å². The molecule has 2 aromatic rings. The van der Waals surface area contributed by atoms with Gasteiger partial charge in [-0.25, -0.2) is 4.79 Å². The maximum Gasteiger partial charge on any atom is 0.329 e. The first kappa shape index (κ1) is 11.2. The fourth-order valence-corrected chi connectivity index (χ4v) is 2.01. The van der Waals surface area contributed by atoms with Crippen molar-refractivity contribution in [2.75, 3.05) is 6.61 Å². The summed E-state index contributed by atoms with van der Waals surface area (Å²) in [5, 5.41) is 9.74. The van der Waals surface area contributed by atoms with Crippen molar-refractivity contribution in [1.29, 1.82) is 0 Å². The number of halogens is 1. The number of rotatable bonds is 2. The van der Waals surface area contributed by atoms with Crippen LogP contribution in [0.25, 0.3) is 11.0 Å². The molecule has 5 heteroatoms. The number of imidazole rings is 1. The monoisotopic (exact) mass is 240 g/mol. The molecule has 2 rings (SSSR count). The van der Waals surface area contributed by atoms with Crippen LogP contribution in [-0.2, 0) is 7.05 Å². The zero-order valence-corrected chi connectivity index (χ0v) is 9.90. The first-order valence-corrected chi connectivity index (χ1v) is 5.41. The summed E-state index contributed by atoms with van der Waals surface area (Å²) in [6.45, 7) is 1.73. The van der Waals surface area contributed by atoms with E-state index in [4.69, 9.17) is 16.7 Å². The number of nitrogens with zero attached hydrogens (tertiary/aromatic N) is 2. The maximum atomic E-state index is 12.0. The summed E-state index contributed by atoms with van der Waals surface area (Å²) in [4.78, 5) is 12.0. The zero-order chi connectivity index (χ0) is 11.9. The number of aromatic nitrogens is 2. The molecule has 0 bridgehead atoms. The van der Waals surface area contributed by atoms with Gasteiger partial charge in [-0.2, -0.15) is 0 Å². The van der Waals surface area contributed by atoms with E-state index < -0.39 is 0 Å². The maximum absolute atomic E-state index is 12.0. The second-order valence-corrected chi connectivity index (χ2v) is 4.31. The minimum absolute atomic E-state index is 0.0678. The van der Waals surface area contributed by atoms with E-state index >= 15 is 0 Å². The summed E-state index contributed by atoms with van der Waals surface area (Å²) in [5.41, 5.74) is 1.43. The average Bonchev–Trinajstić information content (AvgIpc) is 2.52. The lowest BCUT2D eigenvalue weighted by Crippen LogP contribution is -2.26. The molecule has 0 aliphatic rings. The molecular formula is C11H13ClN2O2. The Balaban J connectivity index is 2.84. The Kier molecular flexibility index (Phi) is 2.78. The molecule has 16 heavy (non-hydrogen) atoms. The van der Waals surface area contributed by atoms with Crippen molar-refractivity contribution in [2.45, 2.75) is 13.0 Å². The molecule has 0 radical (unpaired) electrons. The lowest BCUT2D eigenvalue weighted by molar-refractivity contribution is 0.238. The van der Waals surface area contributed by atoms with Crippen molar-refractivity contribution in [3.05, 3.63) is 33.7 Å². The van der Waals surface area contributed by atoms with E-state index in [0.29, 0.717) is 5.02 Å². The molecule has 0 saturated heterocycles. The normalized spacial score (nSPS) is 13.2. The molecule has 0 amide bonds. The van der Waals surface area contributed by atoms with Gasteiger partial charge in [0.05, 0.1) is 23.7 Å². The molecule has 0 fully saturated rings. The Morgan fingerprint density at radius 3 is 2.75 bits per heavy atom. The van der Waals surface area contributed by atoms with Gasteiger partial charge >= 0.3 is 5.69 Å². The van der Waals surface area contributed by atoms with E-state index in [1.807, 2.05) is 0 Å². The standard InChI is InChI=1S/C11H13ClN2O2/c1-7(6-15)14-9-4-3-8(12)5-10(9)13(2)11(14)16/h3-5,7,15H,6H2,1-2H3. The molecule has 1 heterocycles. The highest BCUT2D eigenvalue weighted by atomic mass is 35.5. The van der Waals surface area contributed by atoms with Gasteiger partial charge in [0.15, 0.2) is 0 Å². The SMILES string of the molecule is CC(CO)n1c(=O)n(C)c2cc(Cl)ccc21. The van der Waals surface area contributed by atoms with Gasteiger partial charge in [-0.1, -0.05) is 11.6 Å². The summed E-state index contributed by atoms with van der Waals surface area (Å²) in [7, 11) is 1.70. The molecule has 0 saturated carbocycles. The average molecular weight is 241 g/mol. The first-order chi connectivity index (χ1) is 7.56. The zero-order valence-electron chi connectivity index (χ0n) is 9.14. The third-order valence-corrected chi connectivity index (χ3v) is 2.99. The smallest absolute Gasteiger partial charge is 0.329 e. The highest BCUT2D eigenvalue weighted by Crippen LogP contribution is 2.20. The molecule has 1 unspecified atom stereocenters. The molecule has 1 aromatic carbocycles. The molecule has 1 N–H and O–H groups in total. The van der Waals surface area contributed by atoms with E-state index in [-0.39, 0.29) is 18.3 Å². The first-order valence-electron chi connectivity index (χ1n) is 5.03. The van der Waals surface area contributed by atoms with Gasteiger partial charge in [0, 0.05) is 12.1 Å². The van der Waals surface area contributed by atoms with Crippen LogP contribution in [0.2, 0.25) is 5.02 Å². The predicted octanol–water partition coefficient (Wildman–Crippen LogP) is 1.55. The van der Waals surface area contributed by atoms with Gasteiger partial charge in [0.1, 0.15) is 0 Å². The number of aryl methyl sites for hydroxylation is 1. The largest absolute Gasteiger partial charge is 0.394 e. The minimum Gasteiger partial charge on any atom is -0.394 e. The number of benzene rings is 1. The Hall–Kier alpha value is -1.26. The summed E-state index contributed by atoms with van der Waals surface area (Å²) in [5.74, 6) is 0. The van der Waals surface area contributed by atoms with Crippen molar-refractivity contribution >= 4 is 22.6 Å². The number of aliphatic hydroxyl groups excluding tert-OH is 1. The molecule has 0 spiro atoms. The van der Waals surface area contributed by atoms with Crippen LogP contribution in [-0.4, -0.2) is 20.8 Å². The molecule has 4 nitrogen and oxygen atoms in total. The van der Waals surface area contributed by atoms with Crippen LogP contribution < -0.4 is 5.69 Å². The van der Waals surface area contributed by atoms with Gasteiger partial charge in [0.25, 0.3) is 0 Å². The van der Waals surface area contributed by atoms with Crippen molar-refractivity contribution in [1.82, 2.24) is 9.13 Å². The Morgan fingerprint density at radius 2 is 2.12 bits per heavy atom. The van der Waals surface area contributed by atoms with Gasteiger partial charge in [-0.05, 0) is 25.1 Å². The Morgan fingerprint density at radius 1 is 1.44 bits per heavy atom. The van der Waals surface area contributed by atoms with Gasteiger partial charge in [-0.3, -0.25) is 9.13 Å². The summed E-state index contributed by atoms with van der Waals surface area (Å²) < 4.78 is 3.11. The number of hydrogen-bond acceptors (Lipinski definition) is 2. The fraction of sp³-hybridized carbons (Fsp3) is 0.364. The Bertz CT molecular complexity index is 585. The lowest BCUT2D eigenvalue weighted by atomic mass is 10.3. The number of aliphatic hydroxyl groups is 1. The van der Waals surface area contributed by atoms with Crippen molar-refractivity contribution < 1.29 is 5.11 Å². The van der Waals surface area contributed by atoms with E-state index in [0.717, 1.165) is 11.0 Å². The Labute approximate surface area is 97.7 Å². The fourth-order valence-electron chi connectivity index (χ4n) is 1.84. The highest BCUT2D eigenvalue weighted by Gasteiger charge is 2.14. The molecule has 0 aliphatic heterocycles. The third-order valence-electron chi connectivity index (χ3n) is 2.76. The van der Waals surface area contributed by atoms with Crippen molar-refractivity contribution in [3.63, 3.8) is 0 Å². The summed E-state index contributed by atoms with van der Waals surface area (Å²) in [6, 6.07) is 5.05. The van der Waals surface area contributed by atoms with E-state index in [1.165, 1.54) is 4.57 Å². The topological polar surface area (TPSA) is 47.2 Å². The van der Waals surface area contributed by atoms with Crippen LogP contribution >= 0.6 is 11.6 Å².